The lowest BCUT2D eigenvalue weighted by Gasteiger charge is -2.30. The summed E-state index contributed by atoms with van der Waals surface area (Å²) in [4.78, 5) is 9.72. The van der Waals surface area contributed by atoms with Gasteiger partial charge in [-0.25, -0.2) is 4.39 Å². The van der Waals surface area contributed by atoms with E-state index in [1.807, 2.05) is 18.2 Å². The van der Waals surface area contributed by atoms with Gasteiger partial charge < -0.3 is 14.7 Å². The molecule has 0 bridgehead atoms. The van der Waals surface area contributed by atoms with Gasteiger partial charge in [0.05, 0.1) is 11.6 Å². The van der Waals surface area contributed by atoms with Gasteiger partial charge in [-0.1, -0.05) is 55.1 Å². The number of benzene rings is 2. The van der Waals surface area contributed by atoms with E-state index < -0.39 is 8.25 Å². The first-order valence-electron chi connectivity index (χ1n) is 11.7. The van der Waals surface area contributed by atoms with Crippen LogP contribution in [0.3, 0.4) is 0 Å². The van der Waals surface area contributed by atoms with Crippen molar-refractivity contribution >= 4 is 31.6 Å². The molecule has 3 rings (SSSR count). The molecule has 1 fully saturated rings. The van der Waals surface area contributed by atoms with Gasteiger partial charge in [-0.3, -0.25) is 4.57 Å². The van der Waals surface area contributed by atoms with Crippen molar-refractivity contribution in [2.75, 3.05) is 18.9 Å². The number of hydrogen-bond donors (Lipinski definition) is 2. The van der Waals surface area contributed by atoms with E-state index >= 15 is 0 Å². The summed E-state index contributed by atoms with van der Waals surface area (Å²) in [5.41, 5.74) is 2.04. The topological polar surface area (TPSA) is 58.6 Å². The maximum atomic E-state index is 14.5. The zero-order valence-corrected chi connectivity index (χ0v) is 21.5. The number of rotatable bonds is 14. The van der Waals surface area contributed by atoms with Crippen molar-refractivity contribution in [2.24, 2.45) is 0 Å². The van der Waals surface area contributed by atoms with Gasteiger partial charge in [-0.2, -0.15) is 0 Å². The molecule has 0 heterocycles. The molecule has 0 saturated heterocycles. The second-order valence-corrected chi connectivity index (χ2v) is 11.0. The Balaban J connectivity index is 1.39. The molecule has 0 aromatic heterocycles. The minimum absolute atomic E-state index is 0.0185. The van der Waals surface area contributed by atoms with Crippen LogP contribution in [0.25, 0.3) is 0 Å². The zero-order valence-electron chi connectivity index (χ0n) is 19.0. The number of unbranched alkanes of at least 4 members (excludes halogenated alkanes) is 1. The van der Waals surface area contributed by atoms with Crippen molar-refractivity contribution in [2.45, 2.75) is 68.2 Å². The predicted octanol–water partition coefficient (Wildman–Crippen LogP) is 7.13. The largest absolute Gasteiger partial charge is 0.326 e. The van der Waals surface area contributed by atoms with Crippen molar-refractivity contribution in [3.63, 3.8) is 0 Å². The highest BCUT2D eigenvalue weighted by molar-refractivity contribution is 7.99. The quantitative estimate of drug-likeness (QED) is 0.160. The second-order valence-electron chi connectivity index (χ2n) is 8.68. The van der Waals surface area contributed by atoms with Crippen LogP contribution < -0.4 is 5.32 Å². The van der Waals surface area contributed by atoms with Gasteiger partial charge in [0.1, 0.15) is 5.82 Å². The molecule has 0 aliphatic heterocycles. The Morgan fingerprint density at radius 3 is 2.67 bits per heavy atom. The molecule has 1 aliphatic rings. The number of thioether (sulfide) groups is 1. The number of halogens is 2. The predicted molar refractivity (Wildman–Crippen MR) is 136 cm³/mol. The zero-order chi connectivity index (χ0) is 23.5. The van der Waals surface area contributed by atoms with E-state index in [9.17, 15) is 8.96 Å². The summed E-state index contributed by atoms with van der Waals surface area (Å²) in [7, 11) is -2.83. The third-order valence-corrected chi connectivity index (χ3v) is 8.40. The Bertz CT molecular complexity index is 911. The number of nitrogens with one attached hydrogen (secondary N) is 1. The lowest BCUT2D eigenvalue weighted by atomic mass is 9.75. The summed E-state index contributed by atoms with van der Waals surface area (Å²) >= 11 is 8.27. The summed E-state index contributed by atoms with van der Waals surface area (Å²) in [6, 6.07) is 13.5. The second kappa shape index (κ2) is 13.9. The van der Waals surface area contributed by atoms with E-state index in [2.05, 4.69) is 22.0 Å². The van der Waals surface area contributed by atoms with Crippen LogP contribution in [0.1, 0.15) is 62.5 Å². The fraction of sp³-hybridized carbons (Fsp3) is 0.520. The Morgan fingerprint density at radius 1 is 1.15 bits per heavy atom. The molecule has 0 amide bonds. The lowest BCUT2D eigenvalue weighted by Crippen LogP contribution is -2.23. The van der Waals surface area contributed by atoms with Crippen LogP contribution in [0, 0.1) is 5.82 Å². The van der Waals surface area contributed by atoms with E-state index in [4.69, 9.17) is 16.5 Å². The van der Waals surface area contributed by atoms with Gasteiger partial charge >= 0.3 is 8.25 Å². The van der Waals surface area contributed by atoms with Gasteiger partial charge in [0.2, 0.25) is 0 Å². The first kappa shape index (κ1) is 26.7. The molecule has 1 aliphatic carbocycles. The molecule has 8 heteroatoms. The summed E-state index contributed by atoms with van der Waals surface area (Å²) in [6.45, 7) is 1.67. The molecular weight excluding hydrogens is 480 g/mol. The molecule has 0 spiro atoms. The van der Waals surface area contributed by atoms with Gasteiger partial charge in [-0.05, 0) is 79.1 Å². The van der Waals surface area contributed by atoms with Crippen LogP contribution in [-0.4, -0.2) is 23.8 Å². The van der Waals surface area contributed by atoms with Gasteiger partial charge in [-0.15, -0.1) is 11.8 Å². The fourth-order valence-corrected chi connectivity index (χ4v) is 6.32. The van der Waals surface area contributed by atoms with Crippen LogP contribution in [0.5, 0.6) is 0 Å². The fourth-order valence-electron chi connectivity index (χ4n) is 4.71. The lowest BCUT2D eigenvalue weighted by molar-refractivity contribution is 0.276. The summed E-state index contributed by atoms with van der Waals surface area (Å²) in [5.74, 6) is 0.949. The molecule has 182 valence electrons. The van der Waals surface area contributed by atoms with Crippen molar-refractivity contribution in [1.29, 1.82) is 0 Å². The minimum atomic E-state index is -2.83. The standard InChI is InChI=1S/C25H34ClFNO3PS/c26-22-18-20(19-28-15-7-16-31-32(29)30)10-11-24(22)33-17-6-5-14-25(12-3-4-13-25)21-8-1-2-9-23(21)27/h1-2,8-11,18,28,32H,3-7,12-17,19H2,(H,29,30). The maximum absolute atomic E-state index is 14.5. The van der Waals surface area contributed by atoms with Crippen molar-refractivity contribution in [3.8, 4) is 0 Å². The van der Waals surface area contributed by atoms with Crippen LogP contribution in [-0.2, 0) is 21.0 Å². The average molecular weight is 514 g/mol. The Hall–Kier alpha value is -0.880. The average Bonchev–Trinajstić information content (AvgIpc) is 3.27. The Labute approximate surface area is 206 Å². The highest BCUT2D eigenvalue weighted by Crippen LogP contribution is 2.46. The van der Waals surface area contributed by atoms with E-state index in [0.717, 1.165) is 58.9 Å². The molecule has 1 atom stereocenters. The number of hydrogen-bond acceptors (Lipinski definition) is 4. The van der Waals surface area contributed by atoms with Crippen LogP contribution in [0.15, 0.2) is 47.4 Å². The SMILES string of the molecule is O=[PH](O)OCCCNCc1ccc(SCCCCC2(c3ccccc3F)CCCC2)c(Cl)c1. The molecule has 2 aromatic carbocycles. The van der Waals surface area contributed by atoms with Gasteiger partial charge in [0.15, 0.2) is 0 Å². The molecule has 4 nitrogen and oxygen atoms in total. The molecule has 2 N–H and O–H groups in total. The normalized spacial score (nSPS) is 16.2. The van der Waals surface area contributed by atoms with Crippen molar-refractivity contribution in [1.82, 2.24) is 5.32 Å². The van der Waals surface area contributed by atoms with Crippen molar-refractivity contribution < 1.29 is 18.4 Å². The molecule has 0 radical (unpaired) electrons. The third-order valence-electron chi connectivity index (χ3n) is 6.36. The molecule has 1 saturated carbocycles. The first-order chi connectivity index (χ1) is 16.0. The Morgan fingerprint density at radius 2 is 1.94 bits per heavy atom. The van der Waals surface area contributed by atoms with Crippen LogP contribution >= 0.6 is 31.6 Å². The summed E-state index contributed by atoms with van der Waals surface area (Å²) in [5, 5.41) is 4.05. The Kier molecular flexibility index (Phi) is 11.2. The van der Waals surface area contributed by atoms with E-state index in [1.54, 1.807) is 23.9 Å². The van der Waals surface area contributed by atoms with Crippen LogP contribution in [0.2, 0.25) is 5.02 Å². The molecule has 33 heavy (non-hydrogen) atoms. The van der Waals surface area contributed by atoms with Crippen LogP contribution in [0.4, 0.5) is 4.39 Å². The molecule has 1 unspecified atom stereocenters. The summed E-state index contributed by atoms with van der Waals surface area (Å²) in [6.07, 6.45) is 8.48. The molecule has 2 aromatic rings. The highest BCUT2D eigenvalue weighted by atomic mass is 35.5. The van der Waals surface area contributed by atoms with Gasteiger partial charge in [0, 0.05) is 11.4 Å². The van der Waals surface area contributed by atoms with E-state index in [0.29, 0.717) is 19.5 Å². The smallest absolute Gasteiger partial charge is 0.316 e. The third kappa shape index (κ3) is 8.38. The van der Waals surface area contributed by atoms with E-state index in [-0.39, 0.29) is 17.8 Å². The van der Waals surface area contributed by atoms with E-state index in [1.165, 1.54) is 12.8 Å². The molecular formula is C25H34ClFNO3PS. The summed E-state index contributed by atoms with van der Waals surface area (Å²) < 4.78 is 29.6. The maximum Gasteiger partial charge on any atom is 0.316 e. The highest BCUT2D eigenvalue weighted by Gasteiger charge is 2.36. The first-order valence-corrected chi connectivity index (χ1v) is 14.4. The minimum Gasteiger partial charge on any atom is -0.326 e. The van der Waals surface area contributed by atoms with Crippen molar-refractivity contribution in [3.05, 3.63) is 64.4 Å². The van der Waals surface area contributed by atoms with Gasteiger partial charge in [0.25, 0.3) is 0 Å². The monoisotopic (exact) mass is 513 g/mol.